The van der Waals surface area contributed by atoms with Crippen LogP contribution >= 0.6 is 27.5 Å². The Balaban J connectivity index is 2.07. The van der Waals surface area contributed by atoms with Crippen molar-refractivity contribution in [3.05, 3.63) is 21.8 Å². The third kappa shape index (κ3) is 2.60. The lowest BCUT2D eigenvalue weighted by Gasteiger charge is -2.12. The maximum atomic E-state index is 11.0. The normalized spacial score (nSPS) is 20.1. The quantitative estimate of drug-likeness (QED) is 0.873. The van der Waals surface area contributed by atoms with Gasteiger partial charge in [0.05, 0.1) is 11.1 Å². The van der Waals surface area contributed by atoms with Gasteiger partial charge in [-0.2, -0.15) is 0 Å². The van der Waals surface area contributed by atoms with Crippen molar-refractivity contribution in [2.24, 2.45) is 0 Å². The molecule has 1 aliphatic rings. The van der Waals surface area contributed by atoms with E-state index in [1.165, 1.54) is 0 Å². The van der Waals surface area contributed by atoms with E-state index in [0.29, 0.717) is 23.8 Å². The maximum Gasteiger partial charge on any atom is 0.222 e. The zero-order chi connectivity index (χ0) is 10.8. The van der Waals surface area contributed by atoms with Crippen LogP contribution in [0, 0.1) is 0 Å². The smallest absolute Gasteiger partial charge is 0.222 e. The Labute approximate surface area is 101 Å². The molecule has 0 spiro atoms. The van der Waals surface area contributed by atoms with E-state index in [9.17, 15) is 4.79 Å². The van der Waals surface area contributed by atoms with Crippen LogP contribution in [-0.2, 0) is 4.79 Å². The van der Waals surface area contributed by atoms with Gasteiger partial charge in [0.15, 0.2) is 0 Å². The minimum atomic E-state index is 0.0562. The first-order valence-corrected chi connectivity index (χ1v) is 5.66. The summed E-state index contributed by atoms with van der Waals surface area (Å²) >= 11 is 9.26. The van der Waals surface area contributed by atoms with Crippen molar-refractivity contribution in [2.75, 3.05) is 11.9 Å². The Kier molecular flexibility index (Phi) is 3.11. The van der Waals surface area contributed by atoms with Gasteiger partial charge in [-0.25, -0.2) is 4.98 Å². The summed E-state index contributed by atoms with van der Waals surface area (Å²) in [7, 11) is 0. The average molecular weight is 291 g/mol. The number of anilines is 1. The molecule has 2 rings (SSSR count). The highest BCUT2D eigenvalue weighted by molar-refractivity contribution is 9.10. The van der Waals surface area contributed by atoms with Crippen molar-refractivity contribution in [2.45, 2.75) is 12.5 Å². The van der Waals surface area contributed by atoms with Crippen molar-refractivity contribution < 1.29 is 4.79 Å². The Bertz CT molecular complexity index is 399. The summed E-state index contributed by atoms with van der Waals surface area (Å²) in [5, 5.41) is 6.40. The van der Waals surface area contributed by atoms with Crippen LogP contribution < -0.4 is 10.6 Å². The predicted octanol–water partition coefficient (Wildman–Crippen LogP) is 1.80. The van der Waals surface area contributed by atoms with Gasteiger partial charge in [-0.3, -0.25) is 4.79 Å². The van der Waals surface area contributed by atoms with E-state index in [1.54, 1.807) is 12.3 Å². The fourth-order valence-corrected chi connectivity index (χ4v) is 2.11. The first-order valence-electron chi connectivity index (χ1n) is 4.49. The molecule has 0 radical (unpaired) electrons. The summed E-state index contributed by atoms with van der Waals surface area (Å²) < 4.78 is 0.832. The van der Waals surface area contributed by atoms with Gasteiger partial charge in [-0.15, -0.1) is 0 Å². The molecular weight excluding hydrogens is 281 g/mol. The molecule has 1 saturated heterocycles. The zero-order valence-corrected chi connectivity index (χ0v) is 10.1. The van der Waals surface area contributed by atoms with Crippen LogP contribution in [0.4, 0.5) is 5.82 Å². The van der Waals surface area contributed by atoms with Crippen LogP contribution in [0.25, 0.3) is 0 Å². The molecule has 1 aromatic heterocycles. The zero-order valence-electron chi connectivity index (χ0n) is 7.76. The van der Waals surface area contributed by atoms with Crippen LogP contribution in [0.3, 0.4) is 0 Å². The van der Waals surface area contributed by atoms with Gasteiger partial charge < -0.3 is 10.6 Å². The number of amides is 1. The molecule has 1 fully saturated rings. The van der Waals surface area contributed by atoms with Crippen LogP contribution in [-0.4, -0.2) is 23.5 Å². The molecule has 80 valence electrons. The molecular formula is C9H9BrClN3O. The molecule has 0 saturated carbocycles. The number of carbonyl (C=O) groups excluding carboxylic acids is 1. The van der Waals surface area contributed by atoms with Crippen LogP contribution in [0.15, 0.2) is 16.7 Å². The van der Waals surface area contributed by atoms with Crippen molar-refractivity contribution in [3.8, 4) is 0 Å². The Hall–Kier alpha value is -0.810. The van der Waals surface area contributed by atoms with Gasteiger partial charge in [0, 0.05) is 23.6 Å². The number of hydrogen-bond donors (Lipinski definition) is 2. The summed E-state index contributed by atoms with van der Waals surface area (Å²) in [4.78, 5) is 15.1. The number of hydrogen-bond acceptors (Lipinski definition) is 3. The van der Waals surface area contributed by atoms with Crippen LogP contribution in [0.1, 0.15) is 6.42 Å². The first kappa shape index (κ1) is 10.7. The molecule has 1 atom stereocenters. The standard InChI is InChI=1S/C9H9BrClN3O/c10-5-1-7(11)9(13-3-5)14-6-2-8(15)12-4-6/h1,3,6H,2,4H2,(H,12,15)(H,13,14). The van der Waals surface area contributed by atoms with E-state index in [4.69, 9.17) is 11.6 Å². The highest BCUT2D eigenvalue weighted by atomic mass is 79.9. The Morgan fingerprint density at radius 3 is 3.07 bits per heavy atom. The molecule has 6 heteroatoms. The summed E-state index contributed by atoms with van der Waals surface area (Å²) in [6, 6.07) is 1.84. The molecule has 2 heterocycles. The molecule has 1 aliphatic heterocycles. The van der Waals surface area contributed by atoms with E-state index in [1.807, 2.05) is 0 Å². The minimum absolute atomic E-state index is 0.0562. The molecule has 0 aromatic carbocycles. The fraction of sp³-hybridized carbons (Fsp3) is 0.333. The number of nitrogens with one attached hydrogen (secondary N) is 2. The molecule has 1 aromatic rings. The van der Waals surface area contributed by atoms with Gasteiger partial charge in [0.1, 0.15) is 5.82 Å². The number of aromatic nitrogens is 1. The van der Waals surface area contributed by atoms with Crippen molar-refractivity contribution in [1.29, 1.82) is 0 Å². The van der Waals surface area contributed by atoms with E-state index < -0.39 is 0 Å². The van der Waals surface area contributed by atoms with E-state index in [2.05, 4.69) is 31.5 Å². The highest BCUT2D eigenvalue weighted by Gasteiger charge is 2.21. The van der Waals surface area contributed by atoms with E-state index in [0.717, 1.165) is 4.47 Å². The first-order chi connectivity index (χ1) is 7.15. The van der Waals surface area contributed by atoms with Gasteiger partial charge in [-0.1, -0.05) is 11.6 Å². The van der Waals surface area contributed by atoms with Gasteiger partial charge in [0.2, 0.25) is 5.91 Å². The SMILES string of the molecule is O=C1CC(Nc2ncc(Br)cc2Cl)CN1. The molecule has 4 nitrogen and oxygen atoms in total. The lowest BCUT2D eigenvalue weighted by atomic mass is 10.2. The Morgan fingerprint density at radius 1 is 1.67 bits per heavy atom. The molecule has 1 unspecified atom stereocenters. The van der Waals surface area contributed by atoms with Gasteiger partial charge in [-0.05, 0) is 22.0 Å². The third-order valence-corrected chi connectivity index (χ3v) is 2.85. The van der Waals surface area contributed by atoms with Crippen molar-refractivity contribution in [1.82, 2.24) is 10.3 Å². The minimum Gasteiger partial charge on any atom is -0.364 e. The number of carbonyl (C=O) groups is 1. The van der Waals surface area contributed by atoms with Crippen molar-refractivity contribution >= 4 is 39.3 Å². The summed E-state index contributed by atoms with van der Waals surface area (Å²) in [5.74, 6) is 0.669. The predicted molar refractivity (Wildman–Crippen MR) is 62.0 cm³/mol. The number of halogens is 2. The lowest BCUT2D eigenvalue weighted by molar-refractivity contribution is -0.119. The largest absolute Gasteiger partial charge is 0.364 e. The molecule has 0 bridgehead atoms. The van der Waals surface area contributed by atoms with Crippen LogP contribution in [0.2, 0.25) is 5.02 Å². The third-order valence-electron chi connectivity index (χ3n) is 2.13. The van der Waals surface area contributed by atoms with Crippen LogP contribution in [0.5, 0.6) is 0 Å². The monoisotopic (exact) mass is 289 g/mol. The fourth-order valence-electron chi connectivity index (χ4n) is 1.42. The lowest BCUT2D eigenvalue weighted by Crippen LogP contribution is -2.23. The summed E-state index contributed by atoms with van der Waals surface area (Å²) in [6.45, 7) is 0.618. The maximum absolute atomic E-state index is 11.0. The number of rotatable bonds is 2. The highest BCUT2D eigenvalue weighted by Crippen LogP contribution is 2.24. The summed E-state index contributed by atoms with van der Waals surface area (Å²) in [5.41, 5.74) is 0. The second-order valence-electron chi connectivity index (χ2n) is 3.33. The number of nitrogens with zero attached hydrogens (tertiary/aromatic N) is 1. The van der Waals surface area contributed by atoms with E-state index >= 15 is 0 Å². The average Bonchev–Trinajstić information content (AvgIpc) is 2.56. The number of pyridine rings is 1. The molecule has 1 amide bonds. The molecule has 15 heavy (non-hydrogen) atoms. The molecule has 0 aliphatic carbocycles. The summed E-state index contributed by atoms with van der Waals surface area (Å²) in [6.07, 6.45) is 2.13. The van der Waals surface area contributed by atoms with Crippen molar-refractivity contribution in [3.63, 3.8) is 0 Å². The Morgan fingerprint density at radius 2 is 2.47 bits per heavy atom. The second-order valence-corrected chi connectivity index (χ2v) is 4.66. The van der Waals surface area contributed by atoms with Gasteiger partial charge >= 0.3 is 0 Å². The topological polar surface area (TPSA) is 54.0 Å². The van der Waals surface area contributed by atoms with E-state index in [-0.39, 0.29) is 11.9 Å². The molecule has 2 N–H and O–H groups in total. The van der Waals surface area contributed by atoms with Gasteiger partial charge in [0.25, 0.3) is 0 Å². The second kappa shape index (κ2) is 4.37.